The first kappa shape index (κ1) is 15.9. The Hall–Kier alpha value is -2.03. The van der Waals surface area contributed by atoms with Gasteiger partial charge in [0.2, 0.25) is 15.0 Å². The molecule has 1 aromatic carbocycles. The van der Waals surface area contributed by atoms with Crippen LogP contribution in [-0.2, 0) is 9.84 Å². The zero-order chi connectivity index (χ0) is 16.4. The molecule has 0 fully saturated rings. The van der Waals surface area contributed by atoms with Gasteiger partial charge in [0.15, 0.2) is 5.03 Å². The molecule has 2 heterocycles. The maximum Gasteiger partial charge on any atom is 0.223 e. The van der Waals surface area contributed by atoms with Crippen molar-refractivity contribution in [2.45, 2.75) is 16.8 Å². The molecule has 3 rings (SSSR count). The van der Waals surface area contributed by atoms with E-state index < -0.39 is 9.84 Å². The highest BCUT2D eigenvalue weighted by atomic mass is 35.5. The molecule has 2 aromatic heterocycles. The lowest BCUT2D eigenvalue weighted by atomic mass is 10.2. The number of nitrogens with zero attached hydrogens (tertiary/aromatic N) is 3. The minimum atomic E-state index is -3.68. The number of pyridine rings is 1. The van der Waals surface area contributed by atoms with Crippen LogP contribution in [0.5, 0.6) is 0 Å². The van der Waals surface area contributed by atoms with Crippen molar-refractivity contribution < 1.29 is 8.42 Å². The molecule has 0 aliphatic rings. The zero-order valence-electron chi connectivity index (χ0n) is 11.9. The van der Waals surface area contributed by atoms with Gasteiger partial charge in [0.25, 0.3) is 0 Å². The Morgan fingerprint density at radius 2 is 2.04 bits per heavy atom. The molecule has 0 radical (unpaired) electrons. The molecule has 0 spiro atoms. The van der Waals surface area contributed by atoms with Crippen molar-refractivity contribution in [2.24, 2.45) is 0 Å². The van der Waals surface area contributed by atoms with Gasteiger partial charge in [-0.05, 0) is 42.8 Å². The number of benzene rings is 1. The van der Waals surface area contributed by atoms with Crippen molar-refractivity contribution >= 4 is 43.6 Å². The van der Waals surface area contributed by atoms with Gasteiger partial charge < -0.3 is 5.32 Å². The Labute approximate surface area is 142 Å². The Balaban J connectivity index is 1.89. The minimum absolute atomic E-state index is 0.0259. The van der Waals surface area contributed by atoms with Gasteiger partial charge in [-0.3, -0.25) is 0 Å². The summed E-state index contributed by atoms with van der Waals surface area (Å²) in [6.07, 6.45) is 1.44. The van der Waals surface area contributed by atoms with Crippen molar-refractivity contribution in [1.82, 2.24) is 15.2 Å². The smallest absolute Gasteiger partial charge is 0.223 e. The van der Waals surface area contributed by atoms with Gasteiger partial charge >= 0.3 is 0 Å². The molecule has 3 aromatic rings. The highest BCUT2D eigenvalue weighted by Crippen LogP contribution is 2.25. The number of anilines is 2. The predicted octanol–water partition coefficient (Wildman–Crippen LogP) is 3.47. The van der Waals surface area contributed by atoms with Crippen LogP contribution in [-0.4, -0.2) is 23.6 Å². The molecular formula is C14H11ClN4O2S2. The number of hydrogen-bond donors (Lipinski definition) is 1. The second-order valence-corrected chi connectivity index (χ2v) is 7.81. The molecule has 0 bridgehead atoms. The number of rotatable bonds is 4. The van der Waals surface area contributed by atoms with E-state index >= 15 is 0 Å². The predicted molar refractivity (Wildman–Crippen MR) is 89.1 cm³/mol. The molecule has 0 unspecified atom stereocenters. The molecule has 1 N–H and O–H groups in total. The van der Waals surface area contributed by atoms with Crippen LogP contribution in [0, 0.1) is 6.92 Å². The average Bonchev–Trinajstić information content (AvgIpc) is 3.03. The molecule has 0 saturated heterocycles. The molecule has 0 aliphatic carbocycles. The number of halogens is 1. The number of sulfone groups is 1. The first-order valence-electron chi connectivity index (χ1n) is 6.47. The normalized spacial score (nSPS) is 11.4. The van der Waals surface area contributed by atoms with Crippen molar-refractivity contribution in [1.29, 1.82) is 0 Å². The van der Waals surface area contributed by atoms with Crippen LogP contribution in [0.3, 0.4) is 0 Å². The first-order chi connectivity index (χ1) is 11.0. The standard InChI is InChI=1S/C14H11ClN4O2S2/c1-9-6-11(3-4-12(9)15)23(20,21)13-5-2-10(7-16-13)18-14-19-17-8-22-14/h2-8H,1H3,(H,18,19). The van der Waals surface area contributed by atoms with E-state index in [2.05, 4.69) is 20.5 Å². The average molecular weight is 367 g/mol. The summed E-state index contributed by atoms with van der Waals surface area (Å²) >= 11 is 7.27. The van der Waals surface area contributed by atoms with Gasteiger partial charge in [0, 0.05) is 5.02 Å². The lowest BCUT2D eigenvalue weighted by Crippen LogP contribution is -2.05. The molecule has 9 heteroatoms. The van der Waals surface area contributed by atoms with Crippen LogP contribution in [0.2, 0.25) is 5.02 Å². The summed E-state index contributed by atoms with van der Waals surface area (Å²) in [4.78, 5) is 4.20. The van der Waals surface area contributed by atoms with E-state index in [1.165, 1.54) is 35.7 Å². The Kier molecular flexibility index (Phi) is 4.29. The van der Waals surface area contributed by atoms with Gasteiger partial charge in [0.05, 0.1) is 16.8 Å². The highest BCUT2D eigenvalue weighted by molar-refractivity contribution is 7.91. The molecule has 6 nitrogen and oxygen atoms in total. The summed E-state index contributed by atoms with van der Waals surface area (Å²) in [6.45, 7) is 1.75. The monoisotopic (exact) mass is 366 g/mol. The number of nitrogens with one attached hydrogen (secondary N) is 1. The van der Waals surface area contributed by atoms with E-state index in [0.717, 1.165) is 0 Å². The molecule has 0 atom stereocenters. The second-order valence-electron chi connectivity index (χ2n) is 4.67. The number of hydrogen-bond acceptors (Lipinski definition) is 7. The lowest BCUT2D eigenvalue weighted by Gasteiger charge is -2.07. The second kappa shape index (κ2) is 6.23. The molecule has 0 amide bonds. The Bertz CT molecular complexity index is 926. The molecular weight excluding hydrogens is 356 g/mol. The fraction of sp³-hybridized carbons (Fsp3) is 0.0714. The van der Waals surface area contributed by atoms with E-state index in [0.29, 0.717) is 21.4 Å². The summed E-state index contributed by atoms with van der Waals surface area (Å²) in [5, 5.41) is 11.6. The largest absolute Gasteiger partial charge is 0.329 e. The molecule has 0 aliphatic heterocycles. The van der Waals surface area contributed by atoms with Gasteiger partial charge in [-0.25, -0.2) is 13.4 Å². The number of aryl methyl sites for hydroxylation is 1. The van der Waals surface area contributed by atoms with E-state index in [-0.39, 0.29) is 9.92 Å². The Morgan fingerprint density at radius 3 is 2.65 bits per heavy atom. The summed E-state index contributed by atoms with van der Waals surface area (Å²) in [5.41, 5.74) is 2.92. The zero-order valence-corrected chi connectivity index (χ0v) is 14.3. The van der Waals surface area contributed by atoms with Gasteiger partial charge in [-0.15, -0.1) is 10.2 Å². The van der Waals surface area contributed by atoms with E-state index in [1.54, 1.807) is 24.6 Å². The fourth-order valence-corrected chi connectivity index (χ4v) is 3.71. The van der Waals surface area contributed by atoms with Crippen molar-refractivity contribution in [2.75, 3.05) is 5.32 Å². The van der Waals surface area contributed by atoms with Crippen molar-refractivity contribution in [3.05, 3.63) is 52.6 Å². The summed E-state index contributed by atoms with van der Waals surface area (Å²) < 4.78 is 25.2. The highest BCUT2D eigenvalue weighted by Gasteiger charge is 2.19. The SMILES string of the molecule is Cc1cc(S(=O)(=O)c2ccc(Nc3nncs3)cn2)ccc1Cl. The van der Waals surface area contributed by atoms with E-state index in [4.69, 9.17) is 11.6 Å². The molecule has 0 saturated carbocycles. The Morgan fingerprint density at radius 1 is 1.22 bits per heavy atom. The maximum atomic E-state index is 12.6. The van der Waals surface area contributed by atoms with E-state index in [1.807, 2.05) is 0 Å². The van der Waals surface area contributed by atoms with Crippen LogP contribution < -0.4 is 5.32 Å². The summed E-state index contributed by atoms with van der Waals surface area (Å²) in [5.74, 6) is 0. The van der Waals surface area contributed by atoms with Crippen molar-refractivity contribution in [3.8, 4) is 0 Å². The lowest BCUT2D eigenvalue weighted by molar-refractivity contribution is 0.592. The minimum Gasteiger partial charge on any atom is -0.329 e. The van der Waals surface area contributed by atoms with Crippen LogP contribution in [0.25, 0.3) is 0 Å². The van der Waals surface area contributed by atoms with Gasteiger partial charge in [-0.1, -0.05) is 22.9 Å². The number of aromatic nitrogens is 3. The van der Waals surface area contributed by atoms with Crippen LogP contribution in [0.4, 0.5) is 10.8 Å². The van der Waals surface area contributed by atoms with Crippen LogP contribution >= 0.6 is 22.9 Å². The maximum absolute atomic E-state index is 12.6. The quantitative estimate of drug-likeness (QED) is 0.761. The third-order valence-electron chi connectivity index (χ3n) is 3.06. The summed E-state index contributed by atoms with van der Waals surface area (Å²) in [6, 6.07) is 7.65. The fourth-order valence-electron chi connectivity index (χ4n) is 1.87. The third kappa shape index (κ3) is 3.34. The summed E-state index contributed by atoms with van der Waals surface area (Å²) in [7, 11) is -3.68. The van der Waals surface area contributed by atoms with Crippen molar-refractivity contribution in [3.63, 3.8) is 0 Å². The van der Waals surface area contributed by atoms with Crippen LogP contribution in [0.15, 0.2) is 52.0 Å². The third-order valence-corrected chi connectivity index (χ3v) is 5.76. The molecule has 118 valence electrons. The topological polar surface area (TPSA) is 84.8 Å². The van der Waals surface area contributed by atoms with Gasteiger partial charge in [0.1, 0.15) is 5.51 Å². The first-order valence-corrected chi connectivity index (χ1v) is 9.21. The molecule has 23 heavy (non-hydrogen) atoms. The van der Waals surface area contributed by atoms with Gasteiger partial charge in [-0.2, -0.15) is 0 Å². The van der Waals surface area contributed by atoms with Crippen LogP contribution in [0.1, 0.15) is 5.56 Å². The van der Waals surface area contributed by atoms with E-state index in [9.17, 15) is 8.42 Å².